The zero-order chi connectivity index (χ0) is 7.28. The molecule has 0 spiro atoms. The predicted molar refractivity (Wildman–Crippen MR) is 43.0 cm³/mol. The van der Waals surface area contributed by atoms with Crippen molar-refractivity contribution in [2.24, 2.45) is 4.99 Å². The van der Waals surface area contributed by atoms with Crippen LogP contribution in [0.3, 0.4) is 0 Å². The summed E-state index contributed by atoms with van der Waals surface area (Å²) < 4.78 is 0. The number of rotatable bonds is 2. The third-order valence-corrected chi connectivity index (χ3v) is 1.15. The molecule has 0 aromatic heterocycles. The summed E-state index contributed by atoms with van der Waals surface area (Å²) in [6.07, 6.45) is 3.71. The summed E-state index contributed by atoms with van der Waals surface area (Å²) in [5.41, 5.74) is 2.27. The molecule has 0 saturated carbocycles. The molecule has 0 rings (SSSR count). The van der Waals surface area contributed by atoms with Gasteiger partial charge in [-0.15, -0.1) is 0 Å². The summed E-state index contributed by atoms with van der Waals surface area (Å²) in [7, 11) is 1.75. The van der Waals surface area contributed by atoms with Crippen LogP contribution in [0.1, 0.15) is 13.8 Å². The summed E-state index contributed by atoms with van der Waals surface area (Å²) in [6, 6.07) is 0. The summed E-state index contributed by atoms with van der Waals surface area (Å²) in [4.78, 5) is 3.82. The third-order valence-electron chi connectivity index (χ3n) is 1.15. The van der Waals surface area contributed by atoms with Crippen LogP contribution in [-0.4, -0.2) is 13.3 Å². The van der Waals surface area contributed by atoms with Gasteiger partial charge >= 0.3 is 0 Å². The third kappa shape index (κ3) is 3.71. The Morgan fingerprint density at radius 2 is 2.00 bits per heavy atom. The molecule has 0 aromatic rings. The maximum absolute atomic E-state index is 3.82. The second kappa shape index (κ2) is 4.07. The minimum atomic E-state index is 1.09. The normalized spacial score (nSPS) is 12.6. The first-order valence-electron chi connectivity index (χ1n) is 2.93. The summed E-state index contributed by atoms with van der Waals surface area (Å²) in [5, 5.41) is 0. The maximum atomic E-state index is 3.82. The Balaban J connectivity index is 4.00. The fraction of sp³-hybridized carbons (Fsp3) is 0.375. The van der Waals surface area contributed by atoms with Crippen LogP contribution in [0.25, 0.3) is 0 Å². The predicted octanol–water partition coefficient (Wildman–Crippen LogP) is 2.21. The smallest absolute Gasteiger partial charge is 0.0277 e. The summed E-state index contributed by atoms with van der Waals surface area (Å²) >= 11 is 0. The standard InChI is InChI=1S/C8H13N/c1-7(2)8(3)5-6-9-4/h5-6H,1H2,2-4H3/b8-5-,9-6?. The van der Waals surface area contributed by atoms with Crippen molar-refractivity contribution in [2.75, 3.05) is 7.05 Å². The van der Waals surface area contributed by atoms with Crippen LogP contribution in [0, 0.1) is 0 Å². The van der Waals surface area contributed by atoms with Crippen molar-refractivity contribution in [3.05, 3.63) is 23.8 Å². The quantitative estimate of drug-likeness (QED) is 0.394. The maximum Gasteiger partial charge on any atom is 0.0277 e. The fourth-order valence-electron chi connectivity index (χ4n) is 0.329. The van der Waals surface area contributed by atoms with Crippen molar-refractivity contribution in [3.63, 3.8) is 0 Å². The molecule has 1 heteroatoms. The van der Waals surface area contributed by atoms with E-state index in [1.54, 1.807) is 13.3 Å². The molecule has 9 heavy (non-hydrogen) atoms. The summed E-state index contributed by atoms with van der Waals surface area (Å²) in [6.45, 7) is 7.78. The lowest BCUT2D eigenvalue weighted by atomic mass is 10.1. The molecule has 0 unspecified atom stereocenters. The molecule has 0 heterocycles. The van der Waals surface area contributed by atoms with Gasteiger partial charge in [0.2, 0.25) is 0 Å². The van der Waals surface area contributed by atoms with Crippen molar-refractivity contribution in [1.29, 1.82) is 0 Å². The van der Waals surface area contributed by atoms with Crippen LogP contribution in [0.4, 0.5) is 0 Å². The Kier molecular flexibility index (Phi) is 3.69. The highest BCUT2D eigenvalue weighted by Gasteiger charge is 1.83. The molecule has 0 bridgehead atoms. The molecule has 0 atom stereocenters. The van der Waals surface area contributed by atoms with E-state index in [1.165, 1.54) is 5.57 Å². The molecular formula is C8H13N. The van der Waals surface area contributed by atoms with Crippen molar-refractivity contribution in [1.82, 2.24) is 0 Å². The van der Waals surface area contributed by atoms with Crippen molar-refractivity contribution < 1.29 is 0 Å². The van der Waals surface area contributed by atoms with Gasteiger partial charge < -0.3 is 0 Å². The van der Waals surface area contributed by atoms with E-state index in [4.69, 9.17) is 0 Å². The van der Waals surface area contributed by atoms with E-state index in [9.17, 15) is 0 Å². The number of nitrogens with zero attached hydrogens (tertiary/aromatic N) is 1. The van der Waals surface area contributed by atoms with Gasteiger partial charge in [-0.3, -0.25) is 4.99 Å². The first kappa shape index (κ1) is 8.15. The first-order valence-corrected chi connectivity index (χ1v) is 2.93. The average molecular weight is 123 g/mol. The Morgan fingerprint density at radius 3 is 2.33 bits per heavy atom. The SMILES string of the molecule is C=C(C)/C(C)=C\C=NC. The highest BCUT2D eigenvalue weighted by Crippen LogP contribution is 2.02. The van der Waals surface area contributed by atoms with Gasteiger partial charge in [-0.05, 0) is 25.5 Å². The van der Waals surface area contributed by atoms with Crippen molar-refractivity contribution >= 4 is 6.21 Å². The van der Waals surface area contributed by atoms with Gasteiger partial charge in [0.05, 0.1) is 0 Å². The second-order valence-electron chi connectivity index (χ2n) is 2.04. The number of aliphatic imine (C=N–C) groups is 1. The van der Waals surface area contributed by atoms with Gasteiger partial charge in [0.25, 0.3) is 0 Å². The van der Waals surface area contributed by atoms with Crippen LogP contribution in [0.5, 0.6) is 0 Å². The van der Waals surface area contributed by atoms with E-state index in [-0.39, 0.29) is 0 Å². The highest BCUT2D eigenvalue weighted by molar-refractivity contribution is 5.73. The van der Waals surface area contributed by atoms with Gasteiger partial charge in [-0.1, -0.05) is 12.2 Å². The molecule has 50 valence electrons. The molecule has 0 radical (unpaired) electrons. The van der Waals surface area contributed by atoms with E-state index in [2.05, 4.69) is 11.6 Å². The molecule has 0 aromatic carbocycles. The van der Waals surface area contributed by atoms with E-state index in [1.807, 2.05) is 19.9 Å². The van der Waals surface area contributed by atoms with Crippen molar-refractivity contribution in [2.45, 2.75) is 13.8 Å². The van der Waals surface area contributed by atoms with Crippen LogP contribution in [0.2, 0.25) is 0 Å². The molecule has 0 N–H and O–H groups in total. The minimum Gasteiger partial charge on any atom is -0.297 e. The lowest BCUT2D eigenvalue weighted by Gasteiger charge is -1.92. The fourth-order valence-corrected chi connectivity index (χ4v) is 0.329. The van der Waals surface area contributed by atoms with Crippen molar-refractivity contribution in [3.8, 4) is 0 Å². The first-order chi connectivity index (χ1) is 4.18. The van der Waals surface area contributed by atoms with E-state index in [0.717, 1.165) is 5.57 Å². The van der Waals surface area contributed by atoms with E-state index < -0.39 is 0 Å². The highest BCUT2D eigenvalue weighted by atomic mass is 14.6. The molecule has 0 aliphatic heterocycles. The van der Waals surface area contributed by atoms with Gasteiger partial charge in [0.15, 0.2) is 0 Å². The topological polar surface area (TPSA) is 12.4 Å². The Bertz CT molecular complexity index is 152. The molecule has 0 saturated heterocycles. The molecule has 0 fully saturated rings. The number of allylic oxidation sites excluding steroid dienone is 3. The number of hydrogen-bond acceptors (Lipinski definition) is 1. The zero-order valence-corrected chi connectivity index (χ0v) is 6.31. The average Bonchev–Trinajstić information content (AvgIpc) is 1.82. The Hall–Kier alpha value is -0.850. The van der Waals surface area contributed by atoms with E-state index >= 15 is 0 Å². The molecule has 1 nitrogen and oxygen atoms in total. The molecule has 0 aliphatic rings. The monoisotopic (exact) mass is 123 g/mol. The summed E-state index contributed by atoms with van der Waals surface area (Å²) in [5.74, 6) is 0. The lowest BCUT2D eigenvalue weighted by Crippen LogP contribution is -1.76. The Labute approximate surface area is 56.8 Å². The van der Waals surface area contributed by atoms with Gasteiger partial charge in [0, 0.05) is 13.3 Å². The van der Waals surface area contributed by atoms with Crippen LogP contribution in [0.15, 0.2) is 28.8 Å². The minimum absolute atomic E-state index is 1.09. The molecule has 0 amide bonds. The van der Waals surface area contributed by atoms with Crippen LogP contribution >= 0.6 is 0 Å². The lowest BCUT2D eigenvalue weighted by molar-refractivity contribution is 1.37. The van der Waals surface area contributed by atoms with Gasteiger partial charge in [-0.2, -0.15) is 0 Å². The zero-order valence-electron chi connectivity index (χ0n) is 6.31. The second-order valence-corrected chi connectivity index (χ2v) is 2.04. The van der Waals surface area contributed by atoms with Crippen LogP contribution < -0.4 is 0 Å². The van der Waals surface area contributed by atoms with Crippen LogP contribution in [-0.2, 0) is 0 Å². The molecule has 0 aliphatic carbocycles. The largest absolute Gasteiger partial charge is 0.297 e. The molecular weight excluding hydrogens is 110 g/mol. The van der Waals surface area contributed by atoms with Gasteiger partial charge in [0.1, 0.15) is 0 Å². The van der Waals surface area contributed by atoms with E-state index in [0.29, 0.717) is 0 Å². The Morgan fingerprint density at radius 1 is 1.44 bits per heavy atom. The van der Waals surface area contributed by atoms with Gasteiger partial charge in [-0.25, -0.2) is 0 Å². The number of hydrogen-bond donors (Lipinski definition) is 0.